The van der Waals surface area contributed by atoms with Crippen molar-refractivity contribution in [2.45, 2.75) is 71.3 Å². The minimum atomic E-state index is -0.460. The average molecular weight is 421 g/mol. The van der Waals surface area contributed by atoms with E-state index in [1.54, 1.807) is 0 Å². The first kappa shape index (κ1) is 24.5. The summed E-state index contributed by atoms with van der Waals surface area (Å²) in [6.07, 6.45) is 8.56. The van der Waals surface area contributed by atoms with Crippen molar-refractivity contribution in [1.82, 2.24) is 4.90 Å². The van der Waals surface area contributed by atoms with Crippen molar-refractivity contribution in [3.63, 3.8) is 0 Å². The average Bonchev–Trinajstić information content (AvgIpc) is 3.25. The molecule has 1 aromatic carbocycles. The fraction of sp³-hybridized carbons (Fsp3) is 0.708. The monoisotopic (exact) mass is 420 g/mol. The molecule has 0 radical (unpaired) electrons. The summed E-state index contributed by atoms with van der Waals surface area (Å²) in [5.74, 6) is 0.684. The van der Waals surface area contributed by atoms with Crippen molar-refractivity contribution in [2.24, 2.45) is 0 Å². The second-order valence-electron chi connectivity index (χ2n) is 7.99. The Bertz CT molecular complexity index is 590. The molecule has 30 heavy (non-hydrogen) atoms. The highest BCUT2D eigenvalue weighted by molar-refractivity contribution is 5.86. The molecule has 0 aliphatic carbocycles. The normalized spacial score (nSPS) is 15.1. The number of para-hydroxylation sites is 2. The molecule has 6 nitrogen and oxygen atoms in total. The number of likely N-dealkylation sites (tertiary alicyclic amines) is 1. The Balaban J connectivity index is 1.83. The van der Waals surface area contributed by atoms with Crippen LogP contribution in [0.3, 0.4) is 0 Å². The lowest BCUT2D eigenvalue weighted by Crippen LogP contribution is -2.37. The molecule has 0 spiro atoms. The SMILES string of the molecule is CCCCCCCOc1ccccc1NC(=O)OC(COCCC)CN1CCCC1. The molecular formula is C24H40N2O4. The maximum atomic E-state index is 12.6. The van der Waals surface area contributed by atoms with E-state index in [4.69, 9.17) is 14.2 Å². The molecule has 1 unspecified atom stereocenters. The van der Waals surface area contributed by atoms with Crippen molar-refractivity contribution < 1.29 is 19.0 Å². The molecule has 0 bridgehead atoms. The van der Waals surface area contributed by atoms with E-state index in [0.29, 0.717) is 37.8 Å². The highest BCUT2D eigenvalue weighted by atomic mass is 16.6. The molecule has 1 aliphatic rings. The standard InChI is InChI=1S/C24H40N2O4/c1-3-5-6-7-12-18-29-23-14-9-8-13-22(23)25-24(27)30-21(20-28-17-4-2)19-26-15-10-11-16-26/h8-9,13-14,21H,3-7,10-12,15-20H2,1-2H3,(H,25,27). The van der Waals surface area contributed by atoms with Crippen molar-refractivity contribution in [2.75, 3.05) is 44.8 Å². The molecule has 1 saturated heterocycles. The van der Waals surface area contributed by atoms with E-state index in [-0.39, 0.29) is 6.10 Å². The van der Waals surface area contributed by atoms with Crippen LogP contribution < -0.4 is 10.1 Å². The number of benzene rings is 1. The van der Waals surface area contributed by atoms with Gasteiger partial charge in [-0.25, -0.2) is 4.79 Å². The van der Waals surface area contributed by atoms with Crippen LogP contribution in [0.5, 0.6) is 5.75 Å². The number of carbonyl (C=O) groups excluding carboxylic acids is 1. The van der Waals surface area contributed by atoms with E-state index >= 15 is 0 Å². The molecule has 0 saturated carbocycles. The van der Waals surface area contributed by atoms with Crippen LogP contribution in [-0.2, 0) is 9.47 Å². The Hall–Kier alpha value is -1.79. The summed E-state index contributed by atoms with van der Waals surface area (Å²) in [6.45, 7) is 8.87. The number of unbranched alkanes of at least 4 members (excludes halogenated alkanes) is 4. The number of hydrogen-bond donors (Lipinski definition) is 1. The summed E-state index contributed by atoms with van der Waals surface area (Å²) >= 11 is 0. The van der Waals surface area contributed by atoms with Gasteiger partial charge in [-0.2, -0.15) is 0 Å². The van der Waals surface area contributed by atoms with Crippen molar-refractivity contribution >= 4 is 11.8 Å². The second kappa shape index (κ2) is 15.1. The third-order valence-electron chi connectivity index (χ3n) is 5.22. The number of rotatable bonds is 15. The van der Waals surface area contributed by atoms with Crippen LogP contribution in [0, 0.1) is 0 Å². The van der Waals surface area contributed by atoms with E-state index < -0.39 is 6.09 Å². The number of anilines is 1. The van der Waals surface area contributed by atoms with E-state index in [1.807, 2.05) is 24.3 Å². The Labute approximate surface area is 182 Å². The first-order chi connectivity index (χ1) is 14.7. The number of nitrogens with one attached hydrogen (secondary N) is 1. The summed E-state index contributed by atoms with van der Waals surface area (Å²) in [7, 11) is 0. The van der Waals surface area contributed by atoms with Crippen LogP contribution >= 0.6 is 0 Å². The van der Waals surface area contributed by atoms with Gasteiger partial charge in [0.15, 0.2) is 0 Å². The Morgan fingerprint density at radius 1 is 1.03 bits per heavy atom. The molecule has 6 heteroatoms. The van der Waals surface area contributed by atoms with Gasteiger partial charge in [0.1, 0.15) is 11.9 Å². The molecular weight excluding hydrogens is 380 g/mol. The number of amides is 1. The fourth-order valence-electron chi connectivity index (χ4n) is 3.61. The quantitative estimate of drug-likeness (QED) is 0.381. The Kier molecular flexibility index (Phi) is 12.3. The molecule has 1 heterocycles. The highest BCUT2D eigenvalue weighted by Gasteiger charge is 2.21. The van der Waals surface area contributed by atoms with Crippen LogP contribution in [0.1, 0.15) is 65.2 Å². The van der Waals surface area contributed by atoms with Gasteiger partial charge >= 0.3 is 6.09 Å². The van der Waals surface area contributed by atoms with Gasteiger partial charge in [0.05, 0.1) is 18.9 Å². The smallest absolute Gasteiger partial charge is 0.412 e. The largest absolute Gasteiger partial charge is 0.491 e. The fourth-order valence-corrected chi connectivity index (χ4v) is 3.61. The van der Waals surface area contributed by atoms with E-state index in [2.05, 4.69) is 24.1 Å². The molecule has 0 aromatic heterocycles. The van der Waals surface area contributed by atoms with Gasteiger partial charge in [0.25, 0.3) is 0 Å². The van der Waals surface area contributed by atoms with Crippen LogP contribution in [0.4, 0.5) is 10.5 Å². The van der Waals surface area contributed by atoms with Crippen molar-refractivity contribution in [3.05, 3.63) is 24.3 Å². The van der Waals surface area contributed by atoms with E-state index in [0.717, 1.165) is 25.9 Å². The van der Waals surface area contributed by atoms with Crippen LogP contribution in [0.2, 0.25) is 0 Å². The summed E-state index contributed by atoms with van der Waals surface area (Å²) in [6, 6.07) is 7.53. The van der Waals surface area contributed by atoms with Gasteiger partial charge in [-0.1, -0.05) is 51.7 Å². The first-order valence-electron chi connectivity index (χ1n) is 11.7. The predicted molar refractivity (Wildman–Crippen MR) is 121 cm³/mol. The number of carbonyl (C=O) groups is 1. The molecule has 2 rings (SSSR count). The zero-order valence-corrected chi connectivity index (χ0v) is 18.9. The Morgan fingerprint density at radius 2 is 1.80 bits per heavy atom. The first-order valence-corrected chi connectivity index (χ1v) is 11.7. The van der Waals surface area contributed by atoms with E-state index in [1.165, 1.54) is 38.5 Å². The third-order valence-corrected chi connectivity index (χ3v) is 5.22. The molecule has 1 atom stereocenters. The van der Waals surface area contributed by atoms with Crippen molar-refractivity contribution in [1.29, 1.82) is 0 Å². The van der Waals surface area contributed by atoms with Gasteiger partial charge in [-0.05, 0) is 50.9 Å². The minimum Gasteiger partial charge on any atom is -0.491 e. The molecule has 170 valence electrons. The molecule has 1 aromatic rings. The third kappa shape index (κ3) is 9.81. The number of hydrogen-bond acceptors (Lipinski definition) is 5. The lowest BCUT2D eigenvalue weighted by atomic mass is 10.2. The summed E-state index contributed by atoms with van der Waals surface area (Å²) in [5.41, 5.74) is 0.644. The second-order valence-corrected chi connectivity index (χ2v) is 7.99. The molecule has 1 fully saturated rings. The topological polar surface area (TPSA) is 60.0 Å². The summed E-state index contributed by atoms with van der Waals surface area (Å²) < 4.78 is 17.3. The maximum Gasteiger partial charge on any atom is 0.412 e. The molecule has 1 aliphatic heterocycles. The van der Waals surface area contributed by atoms with Gasteiger partial charge in [0.2, 0.25) is 0 Å². The number of ether oxygens (including phenoxy) is 3. The predicted octanol–water partition coefficient (Wildman–Crippen LogP) is 5.48. The molecule has 1 N–H and O–H groups in total. The lowest BCUT2D eigenvalue weighted by molar-refractivity contribution is 0.0108. The zero-order chi connectivity index (χ0) is 21.4. The van der Waals surface area contributed by atoms with Crippen molar-refractivity contribution in [3.8, 4) is 5.75 Å². The van der Waals surface area contributed by atoms with Crippen LogP contribution in [0.25, 0.3) is 0 Å². The summed E-state index contributed by atoms with van der Waals surface area (Å²) in [5, 5.41) is 2.86. The lowest BCUT2D eigenvalue weighted by Gasteiger charge is -2.24. The zero-order valence-electron chi connectivity index (χ0n) is 18.9. The van der Waals surface area contributed by atoms with Gasteiger partial charge < -0.3 is 14.2 Å². The van der Waals surface area contributed by atoms with Gasteiger partial charge in [-0.15, -0.1) is 0 Å². The minimum absolute atomic E-state index is 0.277. The maximum absolute atomic E-state index is 12.6. The van der Waals surface area contributed by atoms with Crippen LogP contribution in [-0.4, -0.2) is 56.6 Å². The Morgan fingerprint density at radius 3 is 2.57 bits per heavy atom. The highest BCUT2D eigenvalue weighted by Crippen LogP contribution is 2.24. The van der Waals surface area contributed by atoms with Crippen LogP contribution in [0.15, 0.2) is 24.3 Å². The van der Waals surface area contributed by atoms with Gasteiger partial charge in [-0.3, -0.25) is 10.2 Å². The number of nitrogens with zero attached hydrogens (tertiary/aromatic N) is 1. The van der Waals surface area contributed by atoms with Gasteiger partial charge in [0, 0.05) is 13.2 Å². The summed E-state index contributed by atoms with van der Waals surface area (Å²) in [4.78, 5) is 14.9. The molecule has 1 amide bonds. The van der Waals surface area contributed by atoms with E-state index in [9.17, 15) is 4.79 Å².